The average Bonchev–Trinajstić information content (AvgIpc) is 3.39. The molecule has 28 heavy (non-hydrogen) atoms. The summed E-state index contributed by atoms with van der Waals surface area (Å²) in [6.45, 7) is 0.505. The van der Waals surface area contributed by atoms with Crippen LogP contribution >= 0.6 is 0 Å². The third-order valence-electron chi connectivity index (χ3n) is 4.09. The van der Waals surface area contributed by atoms with E-state index >= 15 is 0 Å². The van der Waals surface area contributed by atoms with E-state index < -0.39 is 28.5 Å². The molecule has 2 aromatic rings. The Morgan fingerprint density at radius 3 is 2.68 bits per heavy atom. The van der Waals surface area contributed by atoms with Gasteiger partial charge in [0.15, 0.2) is 6.61 Å². The average molecular weight is 404 g/mol. The Bertz CT molecular complexity index is 960. The molecule has 1 saturated heterocycles. The van der Waals surface area contributed by atoms with Crippen molar-refractivity contribution in [3.05, 3.63) is 54.5 Å². The highest BCUT2D eigenvalue weighted by atomic mass is 32.2. The first-order valence-corrected chi connectivity index (χ1v) is 10.2. The first-order valence-electron chi connectivity index (χ1n) is 8.73. The van der Waals surface area contributed by atoms with Gasteiger partial charge in [-0.25, -0.2) is 13.2 Å². The molecule has 0 spiro atoms. The molecule has 0 aliphatic carbocycles. The van der Waals surface area contributed by atoms with Gasteiger partial charge in [0.1, 0.15) is 5.76 Å². The van der Waals surface area contributed by atoms with Gasteiger partial charge in [-0.1, -0.05) is 6.07 Å². The molecule has 1 aliphatic heterocycles. The first-order chi connectivity index (χ1) is 13.4. The molecular formula is C19H20N2O6S. The minimum atomic E-state index is -3.57. The number of hydrogen-bond donors (Lipinski definition) is 1. The Morgan fingerprint density at radius 1 is 1.18 bits per heavy atom. The molecule has 0 radical (unpaired) electrons. The van der Waals surface area contributed by atoms with Gasteiger partial charge < -0.3 is 14.5 Å². The van der Waals surface area contributed by atoms with E-state index in [1.807, 2.05) is 0 Å². The van der Waals surface area contributed by atoms with Gasteiger partial charge in [-0.2, -0.15) is 4.31 Å². The number of ether oxygens (including phenoxy) is 1. The normalized spacial score (nSPS) is 15.0. The van der Waals surface area contributed by atoms with Crippen LogP contribution < -0.4 is 5.32 Å². The number of nitrogens with one attached hydrogen (secondary N) is 1. The van der Waals surface area contributed by atoms with Crippen molar-refractivity contribution in [3.63, 3.8) is 0 Å². The smallest absolute Gasteiger partial charge is 0.331 e. The third kappa shape index (κ3) is 5.08. The van der Waals surface area contributed by atoms with Crippen LogP contribution in [0.25, 0.3) is 6.08 Å². The Morgan fingerprint density at radius 2 is 1.96 bits per heavy atom. The van der Waals surface area contributed by atoms with E-state index in [4.69, 9.17) is 9.15 Å². The van der Waals surface area contributed by atoms with Crippen LogP contribution in [0, 0.1) is 0 Å². The quantitative estimate of drug-likeness (QED) is 0.560. The number of carbonyl (C=O) groups excluding carboxylic acids is 2. The molecule has 2 heterocycles. The summed E-state index contributed by atoms with van der Waals surface area (Å²) >= 11 is 0. The van der Waals surface area contributed by atoms with Crippen LogP contribution in [0.2, 0.25) is 0 Å². The number of rotatable bonds is 7. The highest BCUT2D eigenvalue weighted by Gasteiger charge is 2.27. The van der Waals surface area contributed by atoms with Gasteiger partial charge in [-0.05, 0) is 49.2 Å². The lowest BCUT2D eigenvalue weighted by atomic mass is 10.3. The van der Waals surface area contributed by atoms with E-state index in [0.29, 0.717) is 24.5 Å². The van der Waals surface area contributed by atoms with Crippen LogP contribution in [0.15, 0.2) is 58.1 Å². The summed E-state index contributed by atoms with van der Waals surface area (Å²) in [5, 5.41) is 2.53. The van der Waals surface area contributed by atoms with E-state index in [1.54, 1.807) is 24.3 Å². The minimum absolute atomic E-state index is 0.116. The molecule has 1 N–H and O–H groups in total. The maximum absolute atomic E-state index is 12.6. The maximum Gasteiger partial charge on any atom is 0.331 e. The molecular weight excluding hydrogens is 384 g/mol. The van der Waals surface area contributed by atoms with E-state index in [1.165, 1.54) is 28.8 Å². The predicted octanol–water partition coefficient (Wildman–Crippen LogP) is 2.26. The van der Waals surface area contributed by atoms with Crippen molar-refractivity contribution in [1.82, 2.24) is 4.31 Å². The van der Waals surface area contributed by atoms with E-state index in [9.17, 15) is 18.0 Å². The number of amides is 1. The predicted molar refractivity (Wildman–Crippen MR) is 102 cm³/mol. The second kappa shape index (κ2) is 8.85. The largest absolute Gasteiger partial charge is 0.465 e. The molecule has 0 atom stereocenters. The summed E-state index contributed by atoms with van der Waals surface area (Å²) in [4.78, 5) is 23.7. The number of nitrogens with zero attached hydrogens (tertiary/aromatic N) is 1. The zero-order valence-corrected chi connectivity index (χ0v) is 15.9. The van der Waals surface area contributed by atoms with Gasteiger partial charge in [0.25, 0.3) is 5.91 Å². The molecule has 9 heteroatoms. The summed E-state index contributed by atoms with van der Waals surface area (Å²) in [7, 11) is -3.57. The molecule has 0 bridgehead atoms. The number of anilines is 1. The third-order valence-corrected chi connectivity index (χ3v) is 5.99. The van der Waals surface area contributed by atoms with Crippen molar-refractivity contribution in [3.8, 4) is 0 Å². The van der Waals surface area contributed by atoms with Gasteiger partial charge >= 0.3 is 5.97 Å². The molecule has 148 valence electrons. The van der Waals surface area contributed by atoms with Gasteiger partial charge in [0.2, 0.25) is 10.0 Å². The number of hydrogen-bond acceptors (Lipinski definition) is 6. The van der Waals surface area contributed by atoms with Crippen molar-refractivity contribution in [2.24, 2.45) is 0 Å². The summed E-state index contributed by atoms with van der Waals surface area (Å²) in [6, 6.07) is 9.35. The topological polar surface area (TPSA) is 106 Å². The Kier molecular flexibility index (Phi) is 6.27. The minimum Gasteiger partial charge on any atom is -0.465 e. The number of benzene rings is 1. The van der Waals surface area contributed by atoms with Crippen molar-refractivity contribution in [2.75, 3.05) is 25.0 Å². The van der Waals surface area contributed by atoms with Crippen LogP contribution in [0.3, 0.4) is 0 Å². The van der Waals surface area contributed by atoms with Gasteiger partial charge in [-0.15, -0.1) is 0 Å². The highest BCUT2D eigenvalue weighted by molar-refractivity contribution is 7.89. The lowest BCUT2D eigenvalue weighted by molar-refractivity contribution is -0.142. The van der Waals surface area contributed by atoms with Crippen LogP contribution in [0.4, 0.5) is 5.69 Å². The van der Waals surface area contributed by atoms with Crippen LogP contribution in [0.1, 0.15) is 18.6 Å². The van der Waals surface area contributed by atoms with Crippen LogP contribution in [-0.2, 0) is 24.3 Å². The summed E-state index contributed by atoms with van der Waals surface area (Å²) in [5.41, 5.74) is 0.312. The highest BCUT2D eigenvalue weighted by Crippen LogP contribution is 2.23. The van der Waals surface area contributed by atoms with Crippen molar-refractivity contribution in [2.45, 2.75) is 17.7 Å². The first kappa shape index (κ1) is 19.8. The molecule has 1 aromatic heterocycles. The molecule has 0 saturated carbocycles. The summed E-state index contributed by atoms with van der Waals surface area (Å²) in [5.74, 6) is -0.787. The molecule has 3 rings (SSSR count). The fraction of sp³-hybridized carbons (Fsp3) is 0.263. The molecule has 1 fully saturated rings. The zero-order chi connectivity index (χ0) is 20.0. The number of furan rings is 1. The molecule has 8 nitrogen and oxygen atoms in total. The fourth-order valence-electron chi connectivity index (χ4n) is 2.73. The van der Waals surface area contributed by atoms with Crippen molar-refractivity contribution < 1.29 is 27.2 Å². The van der Waals surface area contributed by atoms with E-state index in [2.05, 4.69) is 5.32 Å². The van der Waals surface area contributed by atoms with Crippen LogP contribution in [-0.4, -0.2) is 44.3 Å². The molecule has 1 aliphatic rings. The van der Waals surface area contributed by atoms with E-state index in [0.717, 1.165) is 18.9 Å². The zero-order valence-electron chi connectivity index (χ0n) is 15.0. The number of carbonyl (C=O) groups is 2. The second-order valence-electron chi connectivity index (χ2n) is 6.14. The lowest BCUT2D eigenvalue weighted by Crippen LogP contribution is -2.28. The van der Waals surface area contributed by atoms with E-state index in [-0.39, 0.29) is 4.90 Å². The second-order valence-corrected chi connectivity index (χ2v) is 8.08. The maximum atomic E-state index is 12.6. The van der Waals surface area contributed by atoms with Gasteiger partial charge in [0, 0.05) is 24.9 Å². The number of sulfonamides is 1. The Balaban J connectivity index is 1.55. The Labute approximate surface area is 162 Å². The van der Waals surface area contributed by atoms with Crippen molar-refractivity contribution >= 4 is 33.7 Å². The van der Waals surface area contributed by atoms with Crippen LogP contribution in [0.5, 0.6) is 0 Å². The fourth-order valence-corrected chi connectivity index (χ4v) is 4.29. The molecule has 0 unspecified atom stereocenters. The van der Waals surface area contributed by atoms with Gasteiger partial charge in [0.05, 0.1) is 11.2 Å². The summed E-state index contributed by atoms with van der Waals surface area (Å²) < 4.78 is 36.5. The standard InChI is InChI=1S/C19H20N2O6S/c22-18(14-27-19(23)9-8-16-6-4-12-26-16)20-15-5-3-7-17(13-15)28(24,25)21-10-1-2-11-21/h3-9,12-13H,1-2,10-11,14H2,(H,20,22)/b9-8+. The molecule has 1 amide bonds. The lowest BCUT2D eigenvalue weighted by Gasteiger charge is -2.16. The Hall–Kier alpha value is -2.91. The van der Waals surface area contributed by atoms with Gasteiger partial charge in [-0.3, -0.25) is 4.79 Å². The SMILES string of the molecule is O=C(COC(=O)/C=C/c1ccco1)Nc1cccc(S(=O)(=O)N2CCCC2)c1. The molecule has 1 aromatic carbocycles. The summed E-state index contributed by atoms with van der Waals surface area (Å²) in [6.07, 6.45) is 5.73. The number of esters is 1. The monoisotopic (exact) mass is 404 g/mol. The van der Waals surface area contributed by atoms with Crippen molar-refractivity contribution in [1.29, 1.82) is 0 Å².